The Morgan fingerprint density at radius 3 is 2.23 bits per heavy atom. The number of aliphatic hydroxyl groups is 1. The minimum atomic E-state index is -0.529. The molecule has 0 aromatic heterocycles. The fraction of sp³-hybridized carbons (Fsp3) is 0.667. The number of benzene rings is 1. The molecule has 3 nitrogen and oxygen atoms in total. The van der Waals surface area contributed by atoms with Gasteiger partial charge in [-0.1, -0.05) is 26.0 Å². The van der Waals surface area contributed by atoms with Crippen LogP contribution in [-0.2, 0) is 11.3 Å². The van der Waals surface area contributed by atoms with Crippen LogP contribution in [0.1, 0.15) is 40.2 Å². The van der Waals surface area contributed by atoms with Crippen LogP contribution in [0.3, 0.4) is 0 Å². The van der Waals surface area contributed by atoms with Crippen LogP contribution in [0.2, 0.25) is 0 Å². The van der Waals surface area contributed by atoms with Crippen molar-refractivity contribution in [2.45, 2.75) is 52.9 Å². The van der Waals surface area contributed by atoms with Crippen LogP contribution in [0, 0.1) is 11.7 Å². The molecule has 0 aliphatic carbocycles. The number of aliphatic hydroxyl groups excluding tert-OH is 1. The molecule has 4 heteroatoms. The first-order valence-electron chi connectivity index (χ1n) is 7.94. The van der Waals surface area contributed by atoms with Gasteiger partial charge in [0.25, 0.3) is 0 Å². The van der Waals surface area contributed by atoms with E-state index in [1.165, 1.54) is 12.1 Å². The standard InChI is InChI=1S/C18H30FNO2/c1-14(2)10-20(11-15-6-8-16(19)9-7-15)12-17(21)13-22-18(3,4)5/h6-9,14,17,21H,10-13H2,1-5H3. The van der Waals surface area contributed by atoms with E-state index in [-0.39, 0.29) is 11.4 Å². The van der Waals surface area contributed by atoms with Crippen LogP contribution in [-0.4, -0.2) is 41.4 Å². The average molecular weight is 311 g/mol. The molecule has 1 N–H and O–H groups in total. The van der Waals surface area contributed by atoms with Gasteiger partial charge >= 0.3 is 0 Å². The molecular weight excluding hydrogens is 281 g/mol. The van der Waals surface area contributed by atoms with Crippen molar-refractivity contribution in [1.29, 1.82) is 0 Å². The van der Waals surface area contributed by atoms with Crippen molar-refractivity contribution in [2.24, 2.45) is 5.92 Å². The van der Waals surface area contributed by atoms with Crippen molar-refractivity contribution in [3.05, 3.63) is 35.6 Å². The zero-order valence-corrected chi connectivity index (χ0v) is 14.5. The molecule has 0 saturated carbocycles. The third-order valence-electron chi connectivity index (χ3n) is 3.12. The summed E-state index contributed by atoms with van der Waals surface area (Å²) in [5, 5.41) is 10.2. The Balaban J connectivity index is 2.58. The Morgan fingerprint density at radius 2 is 1.73 bits per heavy atom. The molecule has 0 bridgehead atoms. The Bertz CT molecular complexity index is 426. The Kier molecular flexibility index (Phi) is 7.46. The molecule has 0 radical (unpaired) electrons. The number of ether oxygens (including phenoxy) is 1. The maximum absolute atomic E-state index is 13.0. The first-order valence-corrected chi connectivity index (χ1v) is 7.94. The summed E-state index contributed by atoms with van der Waals surface area (Å²) in [6.07, 6.45) is -0.529. The summed E-state index contributed by atoms with van der Waals surface area (Å²) in [5.41, 5.74) is 0.798. The average Bonchev–Trinajstić information content (AvgIpc) is 2.37. The summed E-state index contributed by atoms with van der Waals surface area (Å²) < 4.78 is 18.6. The molecule has 0 spiro atoms. The van der Waals surface area contributed by atoms with Gasteiger partial charge in [0.15, 0.2) is 0 Å². The molecule has 0 heterocycles. The van der Waals surface area contributed by atoms with Crippen LogP contribution < -0.4 is 0 Å². The van der Waals surface area contributed by atoms with Crippen LogP contribution in [0.15, 0.2) is 24.3 Å². The van der Waals surface area contributed by atoms with Crippen molar-refractivity contribution in [3.63, 3.8) is 0 Å². The predicted molar refractivity (Wildman–Crippen MR) is 88.2 cm³/mol. The molecule has 22 heavy (non-hydrogen) atoms. The maximum Gasteiger partial charge on any atom is 0.123 e. The smallest absolute Gasteiger partial charge is 0.123 e. The van der Waals surface area contributed by atoms with Crippen molar-refractivity contribution in [2.75, 3.05) is 19.7 Å². The zero-order chi connectivity index (χ0) is 16.8. The lowest BCUT2D eigenvalue weighted by Gasteiger charge is -2.28. The van der Waals surface area contributed by atoms with Gasteiger partial charge in [-0.05, 0) is 44.4 Å². The van der Waals surface area contributed by atoms with E-state index in [4.69, 9.17) is 4.74 Å². The summed E-state index contributed by atoms with van der Waals surface area (Å²) in [6.45, 7) is 12.7. The largest absolute Gasteiger partial charge is 0.389 e. The maximum atomic E-state index is 13.0. The lowest BCUT2D eigenvalue weighted by Crippen LogP contribution is -2.38. The van der Waals surface area contributed by atoms with Gasteiger partial charge in [0, 0.05) is 19.6 Å². The second kappa shape index (κ2) is 8.61. The molecule has 0 aliphatic rings. The molecule has 1 aromatic carbocycles. The van der Waals surface area contributed by atoms with E-state index < -0.39 is 6.10 Å². The van der Waals surface area contributed by atoms with Crippen molar-refractivity contribution >= 4 is 0 Å². The number of halogens is 1. The van der Waals surface area contributed by atoms with Gasteiger partial charge in [0.05, 0.1) is 18.3 Å². The highest BCUT2D eigenvalue weighted by molar-refractivity contribution is 5.15. The highest BCUT2D eigenvalue weighted by atomic mass is 19.1. The van der Waals surface area contributed by atoms with E-state index in [1.807, 2.05) is 20.8 Å². The molecular formula is C18H30FNO2. The van der Waals surface area contributed by atoms with Gasteiger partial charge in [0.1, 0.15) is 5.82 Å². The Morgan fingerprint density at radius 1 is 1.14 bits per heavy atom. The molecule has 1 unspecified atom stereocenters. The molecule has 0 saturated heterocycles. The molecule has 0 amide bonds. The summed E-state index contributed by atoms with van der Waals surface area (Å²) >= 11 is 0. The van der Waals surface area contributed by atoms with Gasteiger partial charge in [-0.2, -0.15) is 0 Å². The number of hydrogen-bond acceptors (Lipinski definition) is 3. The highest BCUT2D eigenvalue weighted by Gasteiger charge is 2.17. The first kappa shape index (κ1) is 19.1. The van der Waals surface area contributed by atoms with E-state index in [9.17, 15) is 9.50 Å². The summed E-state index contributed by atoms with van der Waals surface area (Å²) in [7, 11) is 0. The lowest BCUT2D eigenvalue weighted by atomic mass is 10.1. The van der Waals surface area contributed by atoms with Crippen molar-refractivity contribution in [3.8, 4) is 0 Å². The van der Waals surface area contributed by atoms with Crippen LogP contribution in [0.25, 0.3) is 0 Å². The van der Waals surface area contributed by atoms with Crippen LogP contribution in [0.4, 0.5) is 4.39 Å². The van der Waals surface area contributed by atoms with E-state index in [1.54, 1.807) is 12.1 Å². The third kappa shape index (κ3) is 8.47. The number of nitrogens with zero attached hydrogens (tertiary/aromatic N) is 1. The SMILES string of the molecule is CC(C)CN(Cc1ccc(F)cc1)CC(O)COC(C)(C)C. The summed E-state index contributed by atoms with van der Waals surface area (Å²) in [5.74, 6) is 0.272. The van der Waals surface area contributed by atoms with Gasteiger partial charge in [-0.3, -0.25) is 4.90 Å². The molecule has 1 aromatic rings. The van der Waals surface area contributed by atoms with E-state index >= 15 is 0 Å². The van der Waals surface area contributed by atoms with E-state index in [0.29, 0.717) is 25.6 Å². The van der Waals surface area contributed by atoms with Crippen molar-refractivity contribution < 1.29 is 14.2 Å². The third-order valence-corrected chi connectivity index (χ3v) is 3.12. The monoisotopic (exact) mass is 311 g/mol. The molecule has 126 valence electrons. The van der Waals surface area contributed by atoms with Gasteiger partial charge in [0.2, 0.25) is 0 Å². The number of hydrogen-bond donors (Lipinski definition) is 1. The summed E-state index contributed by atoms with van der Waals surface area (Å²) in [6, 6.07) is 6.53. The van der Waals surface area contributed by atoms with Gasteiger partial charge in [-0.15, -0.1) is 0 Å². The number of rotatable bonds is 8. The molecule has 1 rings (SSSR count). The van der Waals surface area contributed by atoms with Crippen molar-refractivity contribution in [1.82, 2.24) is 4.90 Å². The zero-order valence-electron chi connectivity index (χ0n) is 14.5. The van der Waals surface area contributed by atoms with E-state index in [2.05, 4.69) is 18.7 Å². The normalized spacial score (nSPS) is 13.9. The summed E-state index contributed by atoms with van der Waals surface area (Å²) in [4.78, 5) is 2.19. The second-order valence-electron chi connectivity index (χ2n) is 7.29. The lowest BCUT2D eigenvalue weighted by molar-refractivity contribution is -0.0573. The highest BCUT2D eigenvalue weighted by Crippen LogP contribution is 2.11. The Labute approximate surface area is 134 Å². The quantitative estimate of drug-likeness (QED) is 0.798. The Hall–Kier alpha value is -0.970. The fourth-order valence-corrected chi connectivity index (χ4v) is 2.26. The topological polar surface area (TPSA) is 32.7 Å². The van der Waals surface area contributed by atoms with E-state index in [0.717, 1.165) is 12.1 Å². The minimum Gasteiger partial charge on any atom is -0.389 e. The van der Waals surface area contributed by atoms with Gasteiger partial charge in [-0.25, -0.2) is 4.39 Å². The van der Waals surface area contributed by atoms with Crippen LogP contribution >= 0.6 is 0 Å². The minimum absolute atomic E-state index is 0.224. The molecule has 0 fully saturated rings. The molecule has 1 atom stereocenters. The molecule has 0 aliphatic heterocycles. The van der Waals surface area contributed by atoms with Crippen LogP contribution in [0.5, 0.6) is 0 Å². The predicted octanol–water partition coefficient (Wildman–Crippen LogP) is 3.46. The first-order chi connectivity index (χ1) is 10.2. The second-order valence-corrected chi connectivity index (χ2v) is 7.29. The fourth-order valence-electron chi connectivity index (χ4n) is 2.26. The van der Waals surface area contributed by atoms with Gasteiger partial charge < -0.3 is 9.84 Å².